The van der Waals surface area contributed by atoms with Gasteiger partial charge in [-0.05, 0) is 146 Å². The van der Waals surface area contributed by atoms with Crippen molar-refractivity contribution >= 4 is 25.1 Å². The van der Waals surface area contributed by atoms with E-state index in [1.807, 2.05) is 72.8 Å². The molecule has 0 aromatic heterocycles. The molecule has 20 heteroatoms. The molecule has 12 aromatic rings. The first-order valence-electron chi connectivity index (χ1n) is 38.6. The molecule has 16 bridgehead atoms. The molecule has 0 spiro atoms. The van der Waals surface area contributed by atoms with Gasteiger partial charge in [-0.3, -0.25) is 19.2 Å². The first-order valence-corrected chi connectivity index (χ1v) is 38.6. The summed E-state index contributed by atoms with van der Waals surface area (Å²) in [6.07, 6.45) is 6.58. The smallest absolute Gasteiger partial charge is 0.231 e. The molecule has 20 nitrogen and oxygen atoms in total. The maximum Gasteiger partial charge on any atom is 0.231 e. The summed E-state index contributed by atoms with van der Waals surface area (Å²) in [6.45, 7) is -3.54. The summed E-state index contributed by atoms with van der Waals surface area (Å²) in [5.74, 6) is 1.02. The summed E-state index contributed by atoms with van der Waals surface area (Å²) in [4.78, 5) is 50.7. The summed E-state index contributed by atoms with van der Waals surface area (Å²) in [6, 6.07) is 77.2. The summed E-state index contributed by atoms with van der Waals surface area (Å²) in [5, 5.41) is 0. The van der Waals surface area contributed by atoms with Crippen LogP contribution in [0.4, 0.5) is 0 Å². The van der Waals surface area contributed by atoms with Crippen molar-refractivity contribution in [2.75, 3.05) is 54.3 Å². The van der Waals surface area contributed by atoms with E-state index in [0.29, 0.717) is 118 Å². The van der Waals surface area contributed by atoms with E-state index in [4.69, 9.17) is 75.8 Å². The molecule has 5 aliphatic rings. The number of rotatable bonds is 32. The molecule has 0 atom stereocenters. The second-order valence-corrected chi connectivity index (χ2v) is 28.4. The van der Waals surface area contributed by atoms with Crippen LogP contribution >= 0.6 is 0 Å². The minimum Gasteiger partial charge on any atom is -0.457 e. The van der Waals surface area contributed by atoms with Crippen LogP contribution in [-0.2, 0) is 25.7 Å². The van der Waals surface area contributed by atoms with Gasteiger partial charge >= 0.3 is 0 Å². The summed E-state index contributed by atoms with van der Waals surface area (Å²) >= 11 is 0. The Kier molecular flexibility index (Phi) is 22.6. The van der Waals surface area contributed by atoms with Gasteiger partial charge in [0, 0.05) is 68.2 Å². The highest BCUT2D eigenvalue weighted by molar-refractivity contribution is 5.82. The van der Waals surface area contributed by atoms with Gasteiger partial charge in [-0.25, -0.2) is 0 Å². The third-order valence-corrected chi connectivity index (χ3v) is 21.7. The number of para-hydroxylation sites is 4. The van der Waals surface area contributed by atoms with Gasteiger partial charge in [0.15, 0.2) is 71.1 Å². The van der Waals surface area contributed by atoms with Crippen molar-refractivity contribution < 1.29 is 95.0 Å². The zero-order chi connectivity index (χ0) is 78.5. The topological polar surface area (TPSA) is 216 Å². The first-order chi connectivity index (χ1) is 57.4. The van der Waals surface area contributed by atoms with Crippen LogP contribution in [0.15, 0.2) is 243 Å². The van der Waals surface area contributed by atoms with E-state index >= 15 is 0 Å². The lowest BCUT2D eigenvalue weighted by Crippen LogP contribution is -2.25. The van der Waals surface area contributed by atoms with Crippen LogP contribution in [0.5, 0.6) is 92.0 Å². The Bertz CT molecular complexity index is 4740. The Morgan fingerprint density at radius 2 is 0.414 bits per heavy atom. The maximum absolute atomic E-state index is 12.7. The predicted molar refractivity (Wildman–Crippen MR) is 428 cm³/mol. The van der Waals surface area contributed by atoms with E-state index in [9.17, 15) is 19.2 Å². The van der Waals surface area contributed by atoms with Crippen molar-refractivity contribution in [1.29, 1.82) is 0 Å². The van der Waals surface area contributed by atoms with Crippen LogP contribution in [0.3, 0.4) is 0 Å². The molecule has 584 valence electrons. The highest BCUT2D eigenvalue weighted by atomic mass is 16.7. The third kappa shape index (κ3) is 15.7. The van der Waals surface area contributed by atoms with Crippen LogP contribution in [0, 0.1) is 0 Å². The van der Waals surface area contributed by atoms with Gasteiger partial charge in [-0.1, -0.05) is 170 Å². The van der Waals surface area contributed by atoms with Crippen LogP contribution in [0.1, 0.15) is 158 Å². The van der Waals surface area contributed by atoms with Crippen molar-refractivity contribution in [3.63, 3.8) is 0 Å². The van der Waals surface area contributed by atoms with E-state index in [0.717, 1.165) is 47.4 Å². The lowest BCUT2D eigenvalue weighted by molar-refractivity contribution is 0.0588. The number of aldehydes is 4. The molecule has 4 heterocycles. The van der Waals surface area contributed by atoms with E-state index in [2.05, 4.69) is 72.8 Å². The number of benzene rings is 12. The second kappa shape index (κ2) is 35.0. The molecular formula is C96H80O20. The molecule has 0 radical (unpaired) electrons. The molecule has 0 saturated carbocycles. The molecule has 12 aromatic carbocycles. The quantitative estimate of drug-likeness (QED) is 0.0283. The number of hydrogen-bond acceptors (Lipinski definition) is 20. The fourth-order valence-corrected chi connectivity index (χ4v) is 16.2. The van der Waals surface area contributed by atoms with Gasteiger partial charge in [-0.15, -0.1) is 0 Å². The number of hydrogen-bond donors (Lipinski definition) is 0. The van der Waals surface area contributed by atoms with E-state index in [1.54, 1.807) is 97.1 Å². The van der Waals surface area contributed by atoms with E-state index in [-0.39, 0.29) is 92.0 Å². The zero-order valence-corrected chi connectivity index (χ0v) is 63.2. The SMILES string of the molecule is O=Cc1ccccc1OCOc1c2c3cc4c1OCOc1c(cc5c(c1OCOc1ccccc1C=O)OCOc1c(cc6c(c1OCOc1ccccc1C=O)OCOc1c(cc(c(c1OCOc1ccccc1C=O)OCO2)C3CCc1ccccc1)C6CCc1ccccc1)C5CCc1ccccc1)C4CCc1ccccc1. The Morgan fingerprint density at radius 3 is 0.603 bits per heavy atom. The molecule has 0 N–H and O–H groups in total. The highest BCUT2D eigenvalue weighted by Gasteiger charge is 2.44. The molecule has 1 aliphatic carbocycles. The average molecular weight is 1550 g/mol. The largest absolute Gasteiger partial charge is 0.457 e. The molecule has 4 aliphatic heterocycles. The normalized spacial score (nSPS) is 15.5. The number of aryl methyl sites for hydroxylation is 4. The van der Waals surface area contributed by atoms with E-state index < -0.39 is 78.0 Å². The Hall–Kier alpha value is -13.9. The minimum atomic E-state index is -0.713. The number of ether oxygens (including phenoxy) is 16. The van der Waals surface area contributed by atoms with Gasteiger partial charge in [0.25, 0.3) is 0 Å². The standard InChI is InChI=1S/C96H80O20/c97-49-65-29-13-17-33-81(65)101-53-113-93-85-73-45-75-70(42-38-62-23-7-2-8-24-62)77-47-79-72(44-40-64-27-11-4-12-28-64)80-48-78-71(43-39-63-25-9-3-10-26-63)76-46-74(69(73)41-37-61-21-5-1-6-22-61)86(106-57-105-85)94(114-54-102-82-34-18-14-30-66(82)50-98)88(76)108-59-110-90(78)96(116-56-104-84-36-20-16-32-68(84)52-100)92(80)112-60-111-91(79)95(89(77)109-58-107-87(75)93)115-55-103-83-35-19-15-31-67(83)51-99/h1-36,45-52,69-72H,37-44,53-60H2. The van der Waals surface area contributed by atoms with Gasteiger partial charge < -0.3 is 75.8 Å². The van der Waals surface area contributed by atoms with Gasteiger partial charge in [0.05, 0.1) is 22.3 Å². The molecular weight excluding hydrogens is 1470 g/mol. The molecule has 116 heavy (non-hydrogen) atoms. The summed E-state index contributed by atoms with van der Waals surface area (Å²) in [5.41, 5.74) is 10.7. The zero-order valence-electron chi connectivity index (χ0n) is 63.2. The number of carbonyl (C=O) groups is 4. The molecule has 0 unspecified atom stereocenters. The monoisotopic (exact) mass is 1550 g/mol. The number of carbonyl (C=O) groups excluding carboxylic acids is 4. The third-order valence-electron chi connectivity index (χ3n) is 21.7. The maximum atomic E-state index is 12.7. The second-order valence-electron chi connectivity index (χ2n) is 28.4. The Morgan fingerprint density at radius 1 is 0.233 bits per heavy atom. The van der Waals surface area contributed by atoms with Crippen molar-refractivity contribution in [3.05, 3.63) is 332 Å². The summed E-state index contributed by atoms with van der Waals surface area (Å²) in [7, 11) is 0. The van der Waals surface area contributed by atoms with Crippen LogP contribution in [-0.4, -0.2) is 79.5 Å². The van der Waals surface area contributed by atoms with Crippen molar-refractivity contribution in [2.45, 2.75) is 75.0 Å². The lowest BCUT2D eigenvalue weighted by atomic mass is 9.75. The summed E-state index contributed by atoms with van der Waals surface area (Å²) < 4.78 is 112. The van der Waals surface area contributed by atoms with Crippen molar-refractivity contribution in [3.8, 4) is 92.0 Å². The van der Waals surface area contributed by atoms with Crippen LogP contribution in [0.25, 0.3) is 0 Å². The van der Waals surface area contributed by atoms with Gasteiger partial charge in [0.2, 0.25) is 77.3 Å². The predicted octanol–water partition coefficient (Wildman–Crippen LogP) is 18.9. The molecule has 0 saturated heterocycles. The average Bonchev–Trinajstić information content (AvgIpc) is 0.704. The highest BCUT2D eigenvalue weighted by Crippen LogP contribution is 2.63. The van der Waals surface area contributed by atoms with Gasteiger partial charge in [-0.2, -0.15) is 0 Å². The fourth-order valence-electron chi connectivity index (χ4n) is 16.2. The Balaban J connectivity index is 0.995. The molecule has 17 rings (SSSR count). The lowest BCUT2D eigenvalue weighted by Gasteiger charge is -2.37. The van der Waals surface area contributed by atoms with Crippen molar-refractivity contribution in [2.24, 2.45) is 0 Å². The van der Waals surface area contributed by atoms with Crippen LogP contribution in [0.2, 0.25) is 0 Å². The molecule has 0 amide bonds. The van der Waals surface area contributed by atoms with Crippen LogP contribution < -0.4 is 75.8 Å². The first kappa shape index (κ1) is 74.8. The minimum absolute atomic E-state index is 0.156. The molecule has 0 fully saturated rings. The Labute approximate surface area is 669 Å². The van der Waals surface area contributed by atoms with Crippen molar-refractivity contribution in [1.82, 2.24) is 0 Å². The fraction of sp³-hybridized carbons (Fsp3) is 0.208. The van der Waals surface area contributed by atoms with Gasteiger partial charge in [0.1, 0.15) is 23.0 Å². The van der Waals surface area contributed by atoms with E-state index in [1.165, 1.54) is 0 Å².